The molecular formula is C19H26O3Si. The van der Waals surface area contributed by atoms with Crippen LogP contribution in [0.1, 0.15) is 20.8 Å². The predicted molar refractivity (Wildman–Crippen MR) is 96.7 cm³/mol. The summed E-state index contributed by atoms with van der Waals surface area (Å²) in [6, 6.07) is 20.5. The molecule has 0 saturated carbocycles. The highest BCUT2D eigenvalue weighted by atomic mass is 28.4. The number of hydrogen-bond donors (Lipinski definition) is 2. The summed E-state index contributed by atoms with van der Waals surface area (Å²) >= 11 is 0. The first-order valence-electron chi connectivity index (χ1n) is 7.96. The molecule has 0 aliphatic rings. The van der Waals surface area contributed by atoms with Crippen LogP contribution in [-0.2, 0) is 4.43 Å². The lowest BCUT2D eigenvalue weighted by atomic mass is 10.2. The minimum atomic E-state index is -2.60. The van der Waals surface area contributed by atoms with E-state index in [0.717, 1.165) is 0 Å². The molecule has 3 nitrogen and oxygen atoms in total. The fourth-order valence-electron chi connectivity index (χ4n) is 3.04. The summed E-state index contributed by atoms with van der Waals surface area (Å²) in [5.41, 5.74) is 0. The molecule has 2 N–H and O–H groups in total. The molecule has 124 valence electrons. The van der Waals surface area contributed by atoms with Gasteiger partial charge in [0.2, 0.25) is 0 Å². The quantitative estimate of drug-likeness (QED) is 0.796. The first kappa shape index (κ1) is 17.9. The minimum Gasteiger partial charge on any atom is -0.405 e. The lowest BCUT2D eigenvalue weighted by molar-refractivity contribution is 0.0503. The van der Waals surface area contributed by atoms with Crippen molar-refractivity contribution in [3.8, 4) is 0 Å². The van der Waals surface area contributed by atoms with Crippen LogP contribution in [0.2, 0.25) is 5.04 Å². The molecule has 0 aliphatic carbocycles. The van der Waals surface area contributed by atoms with Crippen molar-refractivity contribution in [2.75, 3.05) is 13.2 Å². The van der Waals surface area contributed by atoms with Gasteiger partial charge in [0.05, 0.1) is 19.3 Å². The van der Waals surface area contributed by atoms with Gasteiger partial charge in [-0.1, -0.05) is 81.4 Å². The first-order chi connectivity index (χ1) is 10.9. The van der Waals surface area contributed by atoms with E-state index in [4.69, 9.17) is 9.53 Å². The summed E-state index contributed by atoms with van der Waals surface area (Å²) < 4.78 is 6.45. The zero-order chi connectivity index (χ0) is 16.9. The molecule has 2 rings (SSSR count). The summed E-state index contributed by atoms with van der Waals surface area (Å²) in [6.07, 6.45) is -0.864. The number of rotatable bonds is 6. The topological polar surface area (TPSA) is 49.7 Å². The van der Waals surface area contributed by atoms with Crippen LogP contribution in [0.5, 0.6) is 0 Å². The van der Waals surface area contributed by atoms with E-state index in [1.54, 1.807) is 0 Å². The Labute approximate surface area is 139 Å². The normalized spacial score (nSPS) is 13.8. The van der Waals surface area contributed by atoms with E-state index < -0.39 is 14.4 Å². The molecule has 0 aliphatic heterocycles. The Morgan fingerprint density at radius 1 is 0.913 bits per heavy atom. The molecule has 1 atom stereocenters. The molecule has 23 heavy (non-hydrogen) atoms. The Bertz CT molecular complexity index is 554. The Kier molecular flexibility index (Phi) is 5.76. The summed E-state index contributed by atoms with van der Waals surface area (Å²) in [4.78, 5) is 0. The second-order valence-electron chi connectivity index (χ2n) is 6.81. The Morgan fingerprint density at radius 2 is 1.35 bits per heavy atom. The molecule has 0 aromatic heterocycles. The average molecular weight is 331 g/mol. The highest BCUT2D eigenvalue weighted by Gasteiger charge is 2.50. The van der Waals surface area contributed by atoms with Crippen LogP contribution in [-0.4, -0.2) is 37.8 Å². The van der Waals surface area contributed by atoms with Gasteiger partial charge in [-0.25, -0.2) is 0 Å². The second kappa shape index (κ2) is 7.40. The molecule has 2 aromatic rings. The van der Waals surface area contributed by atoms with Gasteiger partial charge >= 0.3 is 0 Å². The maximum Gasteiger partial charge on any atom is 0.261 e. The van der Waals surface area contributed by atoms with Crippen molar-refractivity contribution >= 4 is 18.7 Å². The molecule has 0 heterocycles. The van der Waals surface area contributed by atoms with Crippen molar-refractivity contribution in [1.82, 2.24) is 0 Å². The summed E-state index contributed by atoms with van der Waals surface area (Å²) in [5.74, 6) is 0. The Balaban J connectivity index is 2.60. The fraction of sp³-hybridized carbons (Fsp3) is 0.368. The SMILES string of the molecule is CC(C)(C)[Si](OC[C@H](O)CO)(c1ccccc1)c1ccccc1. The van der Waals surface area contributed by atoms with E-state index in [-0.39, 0.29) is 18.3 Å². The molecule has 0 radical (unpaired) electrons. The lowest BCUT2D eigenvalue weighted by Gasteiger charge is -2.43. The van der Waals surface area contributed by atoms with Crippen LogP contribution in [0.4, 0.5) is 0 Å². The molecular weight excluding hydrogens is 304 g/mol. The molecule has 0 unspecified atom stereocenters. The number of aliphatic hydroxyl groups excluding tert-OH is 2. The minimum absolute atomic E-state index is 0.120. The van der Waals surface area contributed by atoms with Gasteiger partial charge < -0.3 is 14.6 Å². The van der Waals surface area contributed by atoms with Crippen molar-refractivity contribution < 1.29 is 14.6 Å². The average Bonchev–Trinajstić information content (AvgIpc) is 2.56. The van der Waals surface area contributed by atoms with Crippen LogP contribution in [0.25, 0.3) is 0 Å². The zero-order valence-electron chi connectivity index (χ0n) is 14.1. The first-order valence-corrected chi connectivity index (χ1v) is 9.86. The van der Waals surface area contributed by atoms with Gasteiger partial charge in [0.1, 0.15) is 0 Å². The zero-order valence-corrected chi connectivity index (χ0v) is 15.1. The van der Waals surface area contributed by atoms with E-state index in [1.807, 2.05) is 36.4 Å². The van der Waals surface area contributed by atoms with Gasteiger partial charge in [-0.05, 0) is 15.4 Å². The predicted octanol–water partition coefficient (Wildman–Crippen LogP) is 1.92. The summed E-state index contributed by atoms with van der Waals surface area (Å²) in [7, 11) is -2.60. The van der Waals surface area contributed by atoms with Crippen LogP contribution in [0, 0.1) is 0 Å². The Morgan fingerprint density at radius 3 is 1.70 bits per heavy atom. The van der Waals surface area contributed by atoms with E-state index >= 15 is 0 Å². The monoisotopic (exact) mass is 330 g/mol. The maximum atomic E-state index is 9.83. The van der Waals surface area contributed by atoms with Crippen molar-refractivity contribution in [2.24, 2.45) is 0 Å². The maximum absolute atomic E-state index is 9.83. The van der Waals surface area contributed by atoms with Crippen LogP contribution < -0.4 is 10.4 Å². The summed E-state index contributed by atoms with van der Waals surface area (Å²) in [6.45, 7) is 6.39. The third-order valence-corrected chi connectivity index (χ3v) is 9.12. The van der Waals surface area contributed by atoms with Gasteiger partial charge in [-0.2, -0.15) is 0 Å². The van der Waals surface area contributed by atoms with Gasteiger partial charge in [0, 0.05) is 0 Å². The smallest absolute Gasteiger partial charge is 0.261 e. The fourth-order valence-corrected chi connectivity index (χ4v) is 7.63. The number of benzene rings is 2. The van der Waals surface area contributed by atoms with Crippen LogP contribution in [0.3, 0.4) is 0 Å². The molecule has 2 aromatic carbocycles. The van der Waals surface area contributed by atoms with Gasteiger partial charge in [-0.3, -0.25) is 0 Å². The summed E-state index contributed by atoms with van der Waals surface area (Å²) in [5, 5.41) is 21.2. The Hall–Kier alpha value is -1.46. The van der Waals surface area contributed by atoms with E-state index in [2.05, 4.69) is 45.0 Å². The van der Waals surface area contributed by atoms with Crippen molar-refractivity contribution in [1.29, 1.82) is 0 Å². The third kappa shape index (κ3) is 3.72. The molecule has 0 spiro atoms. The largest absolute Gasteiger partial charge is 0.405 e. The highest BCUT2D eigenvalue weighted by Crippen LogP contribution is 2.36. The van der Waals surface area contributed by atoms with Gasteiger partial charge in [-0.15, -0.1) is 0 Å². The van der Waals surface area contributed by atoms with Gasteiger partial charge in [0.25, 0.3) is 8.32 Å². The standard InChI is InChI=1S/C19H26O3Si/c1-19(2,3)23(22-15-16(21)14-20,17-10-6-4-7-11-17)18-12-8-5-9-13-18/h4-13,16,20-21H,14-15H2,1-3H3/t16-/m1/s1. The third-order valence-electron chi connectivity index (χ3n) is 4.12. The number of aliphatic hydroxyl groups is 2. The van der Waals surface area contributed by atoms with E-state index in [9.17, 15) is 5.11 Å². The van der Waals surface area contributed by atoms with Crippen LogP contribution >= 0.6 is 0 Å². The van der Waals surface area contributed by atoms with Crippen LogP contribution in [0.15, 0.2) is 60.7 Å². The van der Waals surface area contributed by atoms with E-state index in [0.29, 0.717) is 0 Å². The highest BCUT2D eigenvalue weighted by molar-refractivity contribution is 6.99. The number of hydrogen-bond acceptors (Lipinski definition) is 3. The van der Waals surface area contributed by atoms with Crippen molar-refractivity contribution in [3.05, 3.63) is 60.7 Å². The second-order valence-corrected chi connectivity index (χ2v) is 11.1. The van der Waals surface area contributed by atoms with Crippen molar-refractivity contribution in [3.63, 3.8) is 0 Å². The van der Waals surface area contributed by atoms with Crippen molar-refractivity contribution in [2.45, 2.75) is 31.9 Å². The molecule has 0 saturated heterocycles. The lowest BCUT2D eigenvalue weighted by Crippen LogP contribution is -2.67. The van der Waals surface area contributed by atoms with E-state index in [1.165, 1.54) is 10.4 Å². The molecule has 0 amide bonds. The van der Waals surface area contributed by atoms with Gasteiger partial charge in [0.15, 0.2) is 0 Å². The molecule has 0 bridgehead atoms. The molecule has 0 fully saturated rings. The molecule has 4 heteroatoms.